The highest BCUT2D eigenvalue weighted by Crippen LogP contribution is 2.22. The van der Waals surface area contributed by atoms with Crippen molar-refractivity contribution in [3.63, 3.8) is 0 Å². The van der Waals surface area contributed by atoms with E-state index in [0.29, 0.717) is 5.56 Å². The van der Waals surface area contributed by atoms with Crippen molar-refractivity contribution >= 4 is 21.8 Å². The van der Waals surface area contributed by atoms with Gasteiger partial charge >= 0.3 is 0 Å². The zero-order valence-electron chi connectivity index (χ0n) is 10.7. The van der Waals surface area contributed by atoms with Gasteiger partial charge in [0.2, 0.25) is 0 Å². The van der Waals surface area contributed by atoms with E-state index < -0.39 is 5.54 Å². The molecule has 1 amide bonds. The summed E-state index contributed by atoms with van der Waals surface area (Å²) in [4.78, 5) is 20.1. The molecule has 0 aliphatic rings. The summed E-state index contributed by atoms with van der Waals surface area (Å²) >= 11 is 3.33. The second kappa shape index (κ2) is 5.48. The molecule has 98 valence electrons. The molecular formula is C14H14BrN3O. The summed E-state index contributed by atoms with van der Waals surface area (Å²) in [5.41, 5.74) is 1.10. The Balaban J connectivity index is 2.20. The zero-order chi connectivity index (χ0) is 13.9. The van der Waals surface area contributed by atoms with Crippen LogP contribution >= 0.6 is 15.9 Å². The second-order valence-electron chi connectivity index (χ2n) is 4.68. The van der Waals surface area contributed by atoms with Gasteiger partial charge in [0.05, 0.1) is 5.54 Å². The maximum atomic E-state index is 12.2. The number of nitrogens with one attached hydrogen (secondary N) is 1. The summed E-state index contributed by atoms with van der Waals surface area (Å²) in [6.07, 6.45) is 4.91. The molecule has 4 nitrogen and oxygen atoms in total. The number of pyridine rings is 2. The van der Waals surface area contributed by atoms with E-state index in [4.69, 9.17) is 0 Å². The highest BCUT2D eigenvalue weighted by Gasteiger charge is 2.23. The molecule has 0 atom stereocenters. The van der Waals surface area contributed by atoms with Crippen LogP contribution in [-0.4, -0.2) is 15.9 Å². The Kier molecular flexibility index (Phi) is 3.95. The van der Waals surface area contributed by atoms with Crippen molar-refractivity contribution in [2.75, 3.05) is 0 Å². The Hall–Kier alpha value is -1.75. The molecule has 0 bridgehead atoms. The molecule has 1 N–H and O–H groups in total. The first-order valence-electron chi connectivity index (χ1n) is 5.83. The van der Waals surface area contributed by atoms with Gasteiger partial charge in [-0.2, -0.15) is 0 Å². The van der Waals surface area contributed by atoms with Crippen molar-refractivity contribution in [1.82, 2.24) is 15.3 Å². The summed E-state index contributed by atoms with van der Waals surface area (Å²) in [5.74, 6) is -0.125. The molecule has 2 aromatic rings. The molecule has 0 spiro atoms. The van der Waals surface area contributed by atoms with Crippen molar-refractivity contribution in [3.05, 3.63) is 58.6 Å². The number of carbonyl (C=O) groups excluding carboxylic acids is 1. The minimum absolute atomic E-state index is 0.125. The lowest BCUT2D eigenvalue weighted by molar-refractivity contribution is 0.0912. The van der Waals surface area contributed by atoms with Gasteiger partial charge < -0.3 is 5.32 Å². The van der Waals surface area contributed by atoms with Crippen LogP contribution in [0.1, 0.15) is 29.8 Å². The van der Waals surface area contributed by atoms with Gasteiger partial charge in [-0.3, -0.25) is 9.78 Å². The molecule has 0 aromatic carbocycles. The molecule has 2 aromatic heterocycles. The number of rotatable bonds is 3. The van der Waals surface area contributed by atoms with Crippen LogP contribution in [0, 0.1) is 0 Å². The van der Waals surface area contributed by atoms with Crippen molar-refractivity contribution in [2.24, 2.45) is 0 Å². The third-order valence-electron chi connectivity index (χ3n) is 2.82. The SMILES string of the molecule is CC(C)(NC(=O)c1ccncc1)c1ccnc(Br)c1. The average molecular weight is 320 g/mol. The van der Waals surface area contributed by atoms with Gasteiger partial charge in [0, 0.05) is 24.2 Å². The Morgan fingerprint density at radius 3 is 2.53 bits per heavy atom. The fraction of sp³-hybridized carbons (Fsp3) is 0.214. The third kappa shape index (κ3) is 3.38. The number of hydrogen-bond acceptors (Lipinski definition) is 3. The molecule has 19 heavy (non-hydrogen) atoms. The first-order chi connectivity index (χ1) is 8.99. The Morgan fingerprint density at radius 1 is 1.21 bits per heavy atom. The standard InChI is InChI=1S/C14H14BrN3O/c1-14(2,11-5-8-17-12(15)9-11)18-13(19)10-3-6-16-7-4-10/h3-9H,1-2H3,(H,18,19). The lowest BCUT2D eigenvalue weighted by Crippen LogP contribution is -2.41. The Labute approximate surface area is 120 Å². The number of carbonyl (C=O) groups is 1. The second-order valence-corrected chi connectivity index (χ2v) is 5.49. The van der Waals surface area contributed by atoms with Crippen molar-refractivity contribution in [3.8, 4) is 0 Å². The molecular weight excluding hydrogens is 306 g/mol. The molecule has 0 aliphatic heterocycles. The van der Waals surface area contributed by atoms with Crippen LogP contribution in [0.25, 0.3) is 0 Å². The van der Waals surface area contributed by atoms with E-state index in [0.717, 1.165) is 10.2 Å². The van der Waals surface area contributed by atoms with Crippen LogP contribution in [-0.2, 0) is 5.54 Å². The van der Waals surface area contributed by atoms with Gasteiger partial charge in [0.25, 0.3) is 5.91 Å². The number of nitrogens with zero attached hydrogens (tertiary/aromatic N) is 2. The Morgan fingerprint density at radius 2 is 1.89 bits per heavy atom. The zero-order valence-corrected chi connectivity index (χ0v) is 12.3. The largest absolute Gasteiger partial charge is 0.343 e. The van der Waals surface area contributed by atoms with Crippen LogP contribution in [0.5, 0.6) is 0 Å². The lowest BCUT2D eigenvalue weighted by Gasteiger charge is -2.27. The van der Waals surface area contributed by atoms with Gasteiger partial charge in [-0.05, 0) is 59.6 Å². The Bertz CT molecular complexity index is 584. The predicted molar refractivity (Wildman–Crippen MR) is 76.7 cm³/mol. The smallest absolute Gasteiger partial charge is 0.252 e. The molecule has 2 rings (SSSR count). The van der Waals surface area contributed by atoms with Crippen LogP contribution < -0.4 is 5.32 Å². The normalized spacial score (nSPS) is 11.1. The van der Waals surface area contributed by atoms with E-state index in [-0.39, 0.29) is 5.91 Å². The van der Waals surface area contributed by atoms with E-state index >= 15 is 0 Å². The van der Waals surface area contributed by atoms with E-state index in [1.165, 1.54) is 0 Å². The van der Waals surface area contributed by atoms with E-state index in [1.807, 2.05) is 26.0 Å². The topological polar surface area (TPSA) is 54.9 Å². The minimum atomic E-state index is -0.480. The van der Waals surface area contributed by atoms with Gasteiger partial charge in [-0.25, -0.2) is 4.98 Å². The lowest BCUT2D eigenvalue weighted by atomic mass is 9.95. The molecule has 0 saturated carbocycles. The minimum Gasteiger partial charge on any atom is -0.343 e. The molecule has 0 radical (unpaired) electrons. The van der Waals surface area contributed by atoms with Crippen molar-refractivity contribution in [1.29, 1.82) is 0 Å². The highest BCUT2D eigenvalue weighted by molar-refractivity contribution is 9.10. The fourth-order valence-corrected chi connectivity index (χ4v) is 2.09. The maximum Gasteiger partial charge on any atom is 0.252 e. The molecule has 0 fully saturated rings. The van der Waals surface area contributed by atoms with Crippen LogP contribution in [0.4, 0.5) is 0 Å². The summed E-state index contributed by atoms with van der Waals surface area (Å²) < 4.78 is 0.747. The summed E-state index contributed by atoms with van der Waals surface area (Å²) in [6, 6.07) is 7.16. The van der Waals surface area contributed by atoms with Crippen LogP contribution in [0.2, 0.25) is 0 Å². The predicted octanol–water partition coefficient (Wildman–Crippen LogP) is 2.90. The molecule has 2 heterocycles. The number of hydrogen-bond donors (Lipinski definition) is 1. The molecule has 0 unspecified atom stereocenters. The highest BCUT2D eigenvalue weighted by atomic mass is 79.9. The van der Waals surface area contributed by atoms with E-state index in [9.17, 15) is 4.79 Å². The van der Waals surface area contributed by atoms with Crippen LogP contribution in [0.15, 0.2) is 47.5 Å². The van der Waals surface area contributed by atoms with E-state index in [1.54, 1.807) is 30.7 Å². The fourth-order valence-electron chi connectivity index (χ4n) is 1.72. The monoisotopic (exact) mass is 319 g/mol. The molecule has 0 saturated heterocycles. The van der Waals surface area contributed by atoms with Crippen molar-refractivity contribution < 1.29 is 4.79 Å². The number of amides is 1. The summed E-state index contributed by atoms with van der Waals surface area (Å²) in [6.45, 7) is 3.90. The number of aromatic nitrogens is 2. The van der Waals surface area contributed by atoms with Gasteiger partial charge in [-0.15, -0.1) is 0 Å². The summed E-state index contributed by atoms with van der Waals surface area (Å²) in [5, 5.41) is 3.00. The average Bonchev–Trinajstić information content (AvgIpc) is 2.39. The first kappa shape index (κ1) is 13.7. The molecule has 0 aliphatic carbocycles. The van der Waals surface area contributed by atoms with Gasteiger partial charge in [-0.1, -0.05) is 0 Å². The number of halogens is 1. The molecule has 5 heteroatoms. The van der Waals surface area contributed by atoms with Gasteiger partial charge in [0.1, 0.15) is 4.60 Å². The first-order valence-corrected chi connectivity index (χ1v) is 6.63. The van der Waals surface area contributed by atoms with Crippen molar-refractivity contribution in [2.45, 2.75) is 19.4 Å². The van der Waals surface area contributed by atoms with Crippen LogP contribution in [0.3, 0.4) is 0 Å². The maximum absolute atomic E-state index is 12.2. The third-order valence-corrected chi connectivity index (χ3v) is 3.25. The summed E-state index contributed by atoms with van der Waals surface area (Å²) in [7, 11) is 0. The van der Waals surface area contributed by atoms with Gasteiger partial charge in [0.15, 0.2) is 0 Å². The quantitative estimate of drug-likeness (QED) is 0.885. The van der Waals surface area contributed by atoms with E-state index in [2.05, 4.69) is 31.2 Å².